The van der Waals surface area contributed by atoms with E-state index in [1.54, 1.807) is 18.2 Å². The SMILES string of the molecule is CO/N=C(\C(=O)OC)c1ccccc1OCc1ccccc1. The molecule has 2 rings (SSSR count). The molecule has 0 heterocycles. The van der Waals surface area contributed by atoms with Crippen molar-refractivity contribution >= 4 is 11.7 Å². The molecule has 114 valence electrons. The van der Waals surface area contributed by atoms with E-state index in [0.717, 1.165) is 5.56 Å². The number of oxime groups is 1. The molecule has 5 nitrogen and oxygen atoms in total. The quantitative estimate of drug-likeness (QED) is 0.467. The fraction of sp³-hybridized carbons (Fsp3) is 0.176. The standard InChI is InChI=1S/C17H17NO4/c1-20-17(19)16(18-21-2)14-10-6-7-11-15(14)22-12-13-8-4-3-5-9-13/h3-11H,12H2,1-2H3/b18-16-. The maximum atomic E-state index is 11.8. The van der Waals surface area contributed by atoms with Gasteiger partial charge < -0.3 is 14.3 Å². The van der Waals surface area contributed by atoms with Crippen LogP contribution in [-0.4, -0.2) is 25.9 Å². The molecular formula is C17H17NO4. The Balaban J connectivity index is 2.26. The van der Waals surface area contributed by atoms with Crippen LogP contribution in [0.4, 0.5) is 0 Å². The molecule has 0 bridgehead atoms. The zero-order chi connectivity index (χ0) is 15.8. The molecule has 0 amide bonds. The first-order valence-electron chi connectivity index (χ1n) is 6.72. The van der Waals surface area contributed by atoms with Gasteiger partial charge in [-0.3, -0.25) is 0 Å². The van der Waals surface area contributed by atoms with Crippen molar-refractivity contribution in [3.05, 3.63) is 65.7 Å². The first kappa shape index (κ1) is 15.6. The van der Waals surface area contributed by atoms with Crippen LogP contribution in [0.5, 0.6) is 5.75 Å². The van der Waals surface area contributed by atoms with Crippen molar-refractivity contribution in [2.24, 2.45) is 5.16 Å². The molecule has 0 aliphatic carbocycles. The molecule has 0 fully saturated rings. The number of hydrogen-bond donors (Lipinski definition) is 0. The van der Waals surface area contributed by atoms with Gasteiger partial charge in [0.15, 0.2) is 5.71 Å². The van der Waals surface area contributed by atoms with Gasteiger partial charge in [0.2, 0.25) is 0 Å². The van der Waals surface area contributed by atoms with Crippen molar-refractivity contribution in [2.45, 2.75) is 6.61 Å². The van der Waals surface area contributed by atoms with Crippen LogP contribution in [0.1, 0.15) is 11.1 Å². The highest BCUT2D eigenvalue weighted by Gasteiger charge is 2.19. The van der Waals surface area contributed by atoms with Crippen LogP contribution in [0, 0.1) is 0 Å². The lowest BCUT2D eigenvalue weighted by molar-refractivity contribution is -0.132. The van der Waals surface area contributed by atoms with Crippen LogP contribution in [-0.2, 0) is 21.0 Å². The van der Waals surface area contributed by atoms with Gasteiger partial charge in [-0.15, -0.1) is 0 Å². The van der Waals surface area contributed by atoms with E-state index in [1.807, 2.05) is 36.4 Å². The van der Waals surface area contributed by atoms with Crippen molar-refractivity contribution in [3.8, 4) is 5.75 Å². The number of carbonyl (C=O) groups excluding carboxylic acids is 1. The monoisotopic (exact) mass is 299 g/mol. The summed E-state index contributed by atoms with van der Waals surface area (Å²) in [6.45, 7) is 0.388. The first-order valence-corrected chi connectivity index (χ1v) is 6.72. The van der Waals surface area contributed by atoms with Gasteiger partial charge in [-0.1, -0.05) is 47.6 Å². The van der Waals surface area contributed by atoms with E-state index >= 15 is 0 Å². The number of esters is 1. The maximum Gasteiger partial charge on any atom is 0.360 e. The van der Waals surface area contributed by atoms with Crippen molar-refractivity contribution in [1.29, 1.82) is 0 Å². The molecule has 0 N–H and O–H groups in total. The van der Waals surface area contributed by atoms with E-state index in [9.17, 15) is 4.79 Å². The van der Waals surface area contributed by atoms with Crippen LogP contribution >= 0.6 is 0 Å². The Morgan fingerprint density at radius 2 is 1.68 bits per heavy atom. The number of para-hydroxylation sites is 1. The summed E-state index contributed by atoms with van der Waals surface area (Å²) in [4.78, 5) is 16.6. The topological polar surface area (TPSA) is 57.1 Å². The van der Waals surface area contributed by atoms with Crippen molar-refractivity contribution in [1.82, 2.24) is 0 Å². The number of benzene rings is 2. The molecule has 0 aliphatic rings. The fourth-order valence-electron chi connectivity index (χ4n) is 1.91. The second-order valence-electron chi connectivity index (χ2n) is 4.38. The van der Waals surface area contributed by atoms with Gasteiger partial charge in [0, 0.05) is 0 Å². The van der Waals surface area contributed by atoms with Gasteiger partial charge in [-0.05, 0) is 17.7 Å². The van der Waals surface area contributed by atoms with E-state index in [4.69, 9.17) is 14.3 Å². The van der Waals surface area contributed by atoms with E-state index in [1.165, 1.54) is 14.2 Å². The highest BCUT2D eigenvalue weighted by molar-refractivity contribution is 6.43. The summed E-state index contributed by atoms with van der Waals surface area (Å²) >= 11 is 0. The van der Waals surface area contributed by atoms with Crippen LogP contribution in [0.3, 0.4) is 0 Å². The summed E-state index contributed by atoms with van der Waals surface area (Å²) in [6, 6.07) is 16.9. The summed E-state index contributed by atoms with van der Waals surface area (Å²) in [5, 5.41) is 3.74. The number of ether oxygens (including phenoxy) is 2. The molecule has 0 atom stereocenters. The van der Waals surface area contributed by atoms with Crippen molar-refractivity contribution < 1.29 is 19.1 Å². The highest BCUT2D eigenvalue weighted by atomic mass is 16.6. The van der Waals surface area contributed by atoms with Gasteiger partial charge >= 0.3 is 5.97 Å². The van der Waals surface area contributed by atoms with E-state index in [-0.39, 0.29) is 5.71 Å². The molecule has 2 aromatic carbocycles. The summed E-state index contributed by atoms with van der Waals surface area (Å²) in [7, 11) is 2.66. The molecule has 0 unspecified atom stereocenters. The third-order valence-corrected chi connectivity index (χ3v) is 2.94. The molecule has 0 aromatic heterocycles. The number of nitrogens with zero attached hydrogens (tertiary/aromatic N) is 1. The molecule has 2 aromatic rings. The van der Waals surface area contributed by atoms with Gasteiger partial charge in [-0.2, -0.15) is 0 Å². The summed E-state index contributed by atoms with van der Waals surface area (Å²) < 4.78 is 10.5. The average Bonchev–Trinajstić information content (AvgIpc) is 2.58. The molecule has 5 heteroatoms. The Morgan fingerprint density at radius 1 is 1.00 bits per heavy atom. The zero-order valence-corrected chi connectivity index (χ0v) is 12.5. The minimum absolute atomic E-state index is 0.0636. The van der Waals surface area contributed by atoms with Crippen molar-refractivity contribution in [2.75, 3.05) is 14.2 Å². The van der Waals surface area contributed by atoms with Crippen LogP contribution in [0.25, 0.3) is 0 Å². The third-order valence-electron chi connectivity index (χ3n) is 2.94. The molecular weight excluding hydrogens is 282 g/mol. The highest BCUT2D eigenvalue weighted by Crippen LogP contribution is 2.21. The fourth-order valence-corrected chi connectivity index (χ4v) is 1.91. The zero-order valence-electron chi connectivity index (χ0n) is 12.5. The predicted octanol–water partition coefficient (Wildman–Crippen LogP) is 2.79. The van der Waals surface area contributed by atoms with E-state index in [0.29, 0.717) is 17.9 Å². The van der Waals surface area contributed by atoms with Gasteiger partial charge in [0.1, 0.15) is 19.5 Å². The first-order chi connectivity index (χ1) is 10.8. The Kier molecular flexibility index (Phi) is 5.54. The van der Waals surface area contributed by atoms with Crippen LogP contribution in [0.2, 0.25) is 0 Å². The lowest BCUT2D eigenvalue weighted by Gasteiger charge is -2.12. The molecule has 0 radical (unpaired) electrons. The molecule has 0 spiro atoms. The second-order valence-corrected chi connectivity index (χ2v) is 4.38. The van der Waals surface area contributed by atoms with E-state index < -0.39 is 5.97 Å². The number of hydrogen-bond acceptors (Lipinski definition) is 5. The minimum Gasteiger partial charge on any atom is -0.488 e. The Morgan fingerprint density at radius 3 is 2.36 bits per heavy atom. The third kappa shape index (κ3) is 3.85. The minimum atomic E-state index is -0.586. The average molecular weight is 299 g/mol. The maximum absolute atomic E-state index is 11.8. The molecule has 22 heavy (non-hydrogen) atoms. The van der Waals surface area contributed by atoms with Crippen LogP contribution < -0.4 is 4.74 Å². The Hall–Kier alpha value is -2.82. The predicted molar refractivity (Wildman–Crippen MR) is 82.8 cm³/mol. The largest absolute Gasteiger partial charge is 0.488 e. The number of rotatable bonds is 6. The summed E-state index contributed by atoms with van der Waals surface area (Å²) in [5.74, 6) is -0.0508. The van der Waals surface area contributed by atoms with E-state index in [2.05, 4.69) is 5.16 Å². The van der Waals surface area contributed by atoms with Crippen molar-refractivity contribution in [3.63, 3.8) is 0 Å². The molecule has 0 aliphatic heterocycles. The lowest BCUT2D eigenvalue weighted by Crippen LogP contribution is -2.18. The lowest BCUT2D eigenvalue weighted by atomic mass is 10.1. The van der Waals surface area contributed by atoms with Gasteiger partial charge in [0.05, 0.1) is 12.7 Å². The normalized spacial score (nSPS) is 10.9. The molecule has 0 saturated heterocycles. The van der Waals surface area contributed by atoms with Gasteiger partial charge in [0.25, 0.3) is 0 Å². The smallest absolute Gasteiger partial charge is 0.360 e. The second kappa shape index (κ2) is 7.83. The Bertz CT molecular complexity index is 653. The number of methoxy groups -OCH3 is 1. The number of carbonyl (C=O) groups is 1. The summed E-state index contributed by atoms with van der Waals surface area (Å²) in [5.41, 5.74) is 1.61. The van der Waals surface area contributed by atoms with Crippen LogP contribution in [0.15, 0.2) is 59.8 Å². The molecule has 0 saturated carbocycles. The van der Waals surface area contributed by atoms with Gasteiger partial charge in [-0.25, -0.2) is 4.79 Å². The Labute approximate surface area is 129 Å². The summed E-state index contributed by atoms with van der Waals surface area (Å²) in [6.07, 6.45) is 0.